The SMILES string of the molecule is CCCCCCCCC/C=C\CC/C=C/C(O)C(COC1O[C@H](CO)C(O)C(O)C1O)NC(=O)C(O)CCCCCCCCCCCCCCCCCC. The maximum absolute atomic E-state index is 13.0. The Hall–Kier alpha value is -1.37. The zero-order valence-electron chi connectivity index (χ0n) is 34.3. The molecule has 7 unspecified atom stereocenters. The Labute approximate surface area is 329 Å². The van der Waals surface area contributed by atoms with Crippen molar-refractivity contribution in [3.05, 3.63) is 24.3 Å². The second-order valence-corrected chi connectivity index (χ2v) is 15.6. The maximum Gasteiger partial charge on any atom is 0.249 e. The van der Waals surface area contributed by atoms with E-state index in [0.29, 0.717) is 19.3 Å². The number of rotatable bonds is 36. The highest BCUT2D eigenvalue weighted by atomic mass is 16.7. The van der Waals surface area contributed by atoms with Gasteiger partial charge in [0.05, 0.1) is 25.4 Å². The molecule has 1 amide bonds. The molecule has 318 valence electrons. The molecule has 0 aromatic rings. The number of hydrogen-bond donors (Lipinski definition) is 7. The number of unbranched alkanes of at least 4 members (excludes halogenated alkanes) is 23. The molecular formula is C44H83NO9. The number of aliphatic hydroxyl groups is 6. The third-order valence-corrected chi connectivity index (χ3v) is 10.6. The molecule has 8 atom stereocenters. The van der Waals surface area contributed by atoms with Crippen LogP contribution in [0.25, 0.3) is 0 Å². The van der Waals surface area contributed by atoms with Crippen LogP contribution in [0.5, 0.6) is 0 Å². The predicted molar refractivity (Wildman–Crippen MR) is 218 cm³/mol. The largest absolute Gasteiger partial charge is 0.394 e. The van der Waals surface area contributed by atoms with Gasteiger partial charge >= 0.3 is 0 Å². The minimum absolute atomic E-state index is 0.307. The summed E-state index contributed by atoms with van der Waals surface area (Å²) in [4.78, 5) is 13.0. The summed E-state index contributed by atoms with van der Waals surface area (Å²) in [6, 6.07) is -0.991. The fourth-order valence-corrected chi connectivity index (χ4v) is 6.94. The standard InChI is InChI=1S/C44H83NO9/c1-3-5-7-9-11-13-15-17-18-19-21-23-25-27-29-31-33-38(48)43(52)45-36(35-53-44-42(51)41(50)40(49)39(34-46)54-44)37(47)32-30-28-26-24-22-20-16-14-12-10-8-6-4-2/h22,24,30,32,36-42,44,46-51H,3-21,23,25-29,31,33-35H2,1-2H3,(H,45,52)/b24-22-,32-30+/t36?,37?,38?,39-,40?,41?,42?,44?/m1/s1. The molecule has 10 nitrogen and oxygen atoms in total. The maximum atomic E-state index is 13.0. The average molecular weight is 770 g/mol. The van der Waals surface area contributed by atoms with Gasteiger partial charge in [0.15, 0.2) is 6.29 Å². The summed E-state index contributed by atoms with van der Waals surface area (Å²) < 4.78 is 11.1. The fourth-order valence-electron chi connectivity index (χ4n) is 6.94. The molecule has 0 aliphatic carbocycles. The normalized spacial score (nSPS) is 22.3. The summed E-state index contributed by atoms with van der Waals surface area (Å²) in [6.45, 7) is 3.57. The number of carbonyl (C=O) groups excluding carboxylic acids is 1. The smallest absolute Gasteiger partial charge is 0.249 e. The van der Waals surface area contributed by atoms with Crippen LogP contribution in [0.1, 0.15) is 187 Å². The van der Waals surface area contributed by atoms with Gasteiger partial charge in [0.1, 0.15) is 30.5 Å². The van der Waals surface area contributed by atoms with E-state index in [4.69, 9.17) is 9.47 Å². The molecule has 7 N–H and O–H groups in total. The molecule has 0 aromatic carbocycles. The molecule has 0 saturated carbocycles. The first-order valence-corrected chi connectivity index (χ1v) is 22.2. The first-order chi connectivity index (χ1) is 26.3. The summed E-state index contributed by atoms with van der Waals surface area (Å²) in [5.74, 6) is -0.626. The van der Waals surface area contributed by atoms with Crippen LogP contribution < -0.4 is 5.32 Å². The van der Waals surface area contributed by atoms with Gasteiger partial charge in [-0.2, -0.15) is 0 Å². The van der Waals surface area contributed by atoms with Crippen molar-refractivity contribution in [1.29, 1.82) is 0 Å². The van der Waals surface area contributed by atoms with E-state index in [-0.39, 0.29) is 6.61 Å². The highest BCUT2D eigenvalue weighted by Crippen LogP contribution is 2.22. The van der Waals surface area contributed by atoms with Crippen LogP contribution in [0.15, 0.2) is 24.3 Å². The second-order valence-electron chi connectivity index (χ2n) is 15.6. The first-order valence-electron chi connectivity index (χ1n) is 22.2. The van der Waals surface area contributed by atoms with Gasteiger partial charge in [-0.15, -0.1) is 0 Å². The van der Waals surface area contributed by atoms with Crippen LogP contribution in [-0.2, 0) is 14.3 Å². The van der Waals surface area contributed by atoms with Crippen LogP contribution >= 0.6 is 0 Å². The van der Waals surface area contributed by atoms with Crippen molar-refractivity contribution in [2.45, 2.75) is 236 Å². The molecule has 0 bridgehead atoms. The van der Waals surface area contributed by atoms with Crippen LogP contribution in [0.3, 0.4) is 0 Å². The van der Waals surface area contributed by atoms with Crippen molar-refractivity contribution >= 4 is 5.91 Å². The molecule has 1 fully saturated rings. The fraction of sp³-hybridized carbons (Fsp3) is 0.886. The summed E-state index contributed by atoms with van der Waals surface area (Å²) in [7, 11) is 0. The minimum atomic E-state index is -1.61. The minimum Gasteiger partial charge on any atom is -0.394 e. The van der Waals surface area contributed by atoms with Crippen LogP contribution in [0.4, 0.5) is 0 Å². The van der Waals surface area contributed by atoms with E-state index in [1.807, 2.05) is 6.08 Å². The quantitative estimate of drug-likeness (QED) is 0.0250. The number of ether oxygens (including phenoxy) is 2. The van der Waals surface area contributed by atoms with Gasteiger partial charge in [0.2, 0.25) is 5.91 Å². The van der Waals surface area contributed by atoms with Gasteiger partial charge in [-0.05, 0) is 32.1 Å². The van der Waals surface area contributed by atoms with E-state index in [9.17, 15) is 35.4 Å². The molecule has 0 radical (unpaired) electrons. The lowest BCUT2D eigenvalue weighted by Gasteiger charge is -2.40. The monoisotopic (exact) mass is 770 g/mol. The van der Waals surface area contributed by atoms with Gasteiger partial charge in [-0.25, -0.2) is 0 Å². The van der Waals surface area contributed by atoms with Gasteiger partial charge in [-0.1, -0.05) is 179 Å². The Morgan fingerprint density at radius 3 is 1.61 bits per heavy atom. The lowest BCUT2D eigenvalue weighted by molar-refractivity contribution is -0.302. The van der Waals surface area contributed by atoms with Gasteiger partial charge in [0.25, 0.3) is 0 Å². The second kappa shape index (κ2) is 34.8. The highest BCUT2D eigenvalue weighted by molar-refractivity contribution is 5.80. The van der Waals surface area contributed by atoms with Crippen LogP contribution in [0, 0.1) is 0 Å². The van der Waals surface area contributed by atoms with Gasteiger partial charge in [-0.3, -0.25) is 4.79 Å². The number of amides is 1. The number of hydrogen-bond acceptors (Lipinski definition) is 9. The van der Waals surface area contributed by atoms with Crippen LogP contribution in [-0.4, -0.2) is 98.7 Å². The zero-order valence-corrected chi connectivity index (χ0v) is 34.3. The lowest BCUT2D eigenvalue weighted by atomic mass is 9.99. The molecule has 1 saturated heterocycles. The molecule has 1 heterocycles. The Kier molecular flexibility index (Phi) is 32.7. The molecule has 1 aliphatic heterocycles. The number of nitrogens with one attached hydrogen (secondary N) is 1. The van der Waals surface area contributed by atoms with E-state index in [2.05, 4.69) is 31.3 Å². The van der Waals surface area contributed by atoms with Crippen molar-refractivity contribution in [3.8, 4) is 0 Å². The van der Waals surface area contributed by atoms with Crippen molar-refractivity contribution < 1.29 is 44.9 Å². The van der Waals surface area contributed by atoms with Gasteiger partial charge < -0.3 is 45.4 Å². The number of aliphatic hydroxyl groups excluding tert-OH is 6. The predicted octanol–water partition coefficient (Wildman–Crippen LogP) is 7.69. The third-order valence-electron chi connectivity index (χ3n) is 10.6. The third kappa shape index (κ3) is 25.0. The first kappa shape index (κ1) is 50.6. The molecular weight excluding hydrogens is 686 g/mol. The molecule has 0 spiro atoms. The highest BCUT2D eigenvalue weighted by Gasteiger charge is 2.44. The average Bonchev–Trinajstić information content (AvgIpc) is 3.17. The van der Waals surface area contributed by atoms with Crippen molar-refractivity contribution in [2.75, 3.05) is 13.2 Å². The Balaban J connectivity index is 2.45. The van der Waals surface area contributed by atoms with E-state index in [1.54, 1.807) is 6.08 Å². The summed E-state index contributed by atoms with van der Waals surface area (Å²) in [5, 5.41) is 64.5. The molecule has 0 aromatic heterocycles. The van der Waals surface area contributed by atoms with E-state index < -0.39 is 61.5 Å². The molecule has 10 heteroatoms. The lowest BCUT2D eigenvalue weighted by Crippen LogP contribution is -2.60. The van der Waals surface area contributed by atoms with E-state index >= 15 is 0 Å². The summed E-state index contributed by atoms with van der Waals surface area (Å²) in [5.41, 5.74) is 0. The zero-order chi connectivity index (χ0) is 39.7. The molecule has 54 heavy (non-hydrogen) atoms. The van der Waals surface area contributed by atoms with Gasteiger partial charge in [0, 0.05) is 0 Å². The number of allylic oxidation sites excluding steroid dienone is 3. The summed E-state index contributed by atoms with van der Waals surface area (Å²) in [6.07, 6.45) is 29.8. The summed E-state index contributed by atoms with van der Waals surface area (Å²) >= 11 is 0. The topological polar surface area (TPSA) is 169 Å². The Morgan fingerprint density at radius 1 is 0.630 bits per heavy atom. The van der Waals surface area contributed by atoms with E-state index in [1.165, 1.54) is 122 Å². The Bertz CT molecular complexity index is 916. The number of carbonyl (C=O) groups is 1. The van der Waals surface area contributed by atoms with E-state index in [0.717, 1.165) is 32.1 Å². The van der Waals surface area contributed by atoms with Crippen molar-refractivity contribution in [3.63, 3.8) is 0 Å². The molecule has 1 rings (SSSR count). The Morgan fingerprint density at radius 2 is 1.09 bits per heavy atom. The molecule has 1 aliphatic rings. The van der Waals surface area contributed by atoms with Crippen molar-refractivity contribution in [1.82, 2.24) is 5.32 Å². The van der Waals surface area contributed by atoms with Crippen LogP contribution in [0.2, 0.25) is 0 Å². The van der Waals surface area contributed by atoms with Crippen molar-refractivity contribution in [2.24, 2.45) is 0 Å².